The number of benzene rings is 3. The van der Waals surface area contributed by atoms with Crippen molar-refractivity contribution in [1.29, 1.82) is 0 Å². The molecule has 0 aliphatic carbocycles. The summed E-state index contributed by atoms with van der Waals surface area (Å²) in [4.78, 5) is 32.6. The zero-order valence-corrected chi connectivity index (χ0v) is 30.0. The van der Waals surface area contributed by atoms with Crippen molar-refractivity contribution in [2.75, 3.05) is 27.9 Å². The van der Waals surface area contributed by atoms with Crippen LogP contribution >= 0.6 is 49.9 Å². The van der Waals surface area contributed by atoms with E-state index in [4.69, 9.17) is 23.7 Å². The van der Waals surface area contributed by atoms with Gasteiger partial charge < -0.3 is 23.7 Å². The molecular formula is C33H29BrFIN2O7S. The van der Waals surface area contributed by atoms with Crippen LogP contribution in [0.1, 0.15) is 36.6 Å². The van der Waals surface area contributed by atoms with E-state index in [2.05, 4.69) is 43.5 Å². The van der Waals surface area contributed by atoms with E-state index in [0.717, 1.165) is 0 Å². The van der Waals surface area contributed by atoms with E-state index >= 15 is 0 Å². The van der Waals surface area contributed by atoms with Crippen molar-refractivity contribution in [1.82, 2.24) is 4.57 Å². The Morgan fingerprint density at radius 2 is 1.78 bits per heavy atom. The van der Waals surface area contributed by atoms with E-state index in [1.807, 2.05) is 6.07 Å². The van der Waals surface area contributed by atoms with E-state index in [0.29, 0.717) is 62.8 Å². The van der Waals surface area contributed by atoms with Crippen LogP contribution in [0.3, 0.4) is 0 Å². The minimum Gasteiger partial charge on any atom is -0.493 e. The number of carbonyl (C=O) groups is 1. The number of methoxy groups -OCH3 is 3. The minimum absolute atomic E-state index is 0.0187. The van der Waals surface area contributed by atoms with Gasteiger partial charge in [-0.2, -0.15) is 0 Å². The molecule has 0 unspecified atom stereocenters. The number of hydrogen-bond donors (Lipinski definition) is 0. The molecule has 0 amide bonds. The maximum atomic E-state index is 14.2. The molecule has 9 nitrogen and oxygen atoms in total. The van der Waals surface area contributed by atoms with Gasteiger partial charge in [-0.25, -0.2) is 14.2 Å². The largest absolute Gasteiger partial charge is 0.493 e. The number of halogens is 3. The first-order valence-corrected chi connectivity index (χ1v) is 16.6. The second-order valence-corrected chi connectivity index (χ2v) is 13.0. The minimum atomic E-state index is -0.865. The van der Waals surface area contributed by atoms with Crippen LogP contribution in [0, 0.1) is 9.39 Å². The molecule has 0 saturated heterocycles. The van der Waals surface area contributed by atoms with Crippen molar-refractivity contribution < 1.29 is 32.9 Å². The molecule has 0 saturated carbocycles. The van der Waals surface area contributed by atoms with Gasteiger partial charge in [-0.1, -0.05) is 45.5 Å². The Bertz CT molecular complexity index is 2040. The molecule has 240 valence electrons. The van der Waals surface area contributed by atoms with Gasteiger partial charge >= 0.3 is 5.97 Å². The fourth-order valence-electron chi connectivity index (χ4n) is 5.05. The first-order chi connectivity index (χ1) is 22.1. The summed E-state index contributed by atoms with van der Waals surface area (Å²) in [5.74, 6) is 0.861. The second kappa shape index (κ2) is 14.4. The third kappa shape index (κ3) is 6.58. The van der Waals surface area contributed by atoms with Crippen LogP contribution in [0.15, 0.2) is 74.1 Å². The van der Waals surface area contributed by atoms with Crippen LogP contribution in [0.25, 0.3) is 6.08 Å². The number of fused-ring (bicyclic) bond motifs is 1. The van der Waals surface area contributed by atoms with Crippen molar-refractivity contribution in [3.05, 3.63) is 110 Å². The third-order valence-electron chi connectivity index (χ3n) is 7.19. The van der Waals surface area contributed by atoms with Crippen LogP contribution in [0.5, 0.6) is 23.0 Å². The van der Waals surface area contributed by atoms with E-state index in [-0.39, 0.29) is 30.2 Å². The van der Waals surface area contributed by atoms with Gasteiger partial charge in [0.1, 0.15) is 12.4 Å². The molecule has 2 heterocycles. The maximum Gasteiger partial charge on any atom is 0.338 e. The number of esters is 1. The number of allylic oxidation sites excluding steroid dienone is 1. The topological polar surface area (TPSA) is 97.6 Å². The predicted molar refractivity (Wildman–Crippen MR) is 184 cm³/mol. The van der Waals surface area contributed by atoms with Crippen molar-refractivity contribution in [3.63, 3.8) is 0 Å². The Hall–Kier alpha value is -3.69. The molecule has 13 heteroatoms. The number of nitrogens with zero attached hydrogens (tertiary/aromatic N) is 2. The maximum absolute atomic E-state index is 14.2. The molecular weight excluding hydrogens is 794 g/mol. The number of ether oxygens (including phenoxy) is 5. The molecule has 0 bridgehead atoms. The Kier molecular flexibility index (Phi) is 10.5. The predicted octanol–water partition coefficient (Wildman–Crippen LogP) is 5.91. The SMILES string of the molecule is CCOC(=O)C1=C(C)N=c2s/c(=C\c3cc(I)c(OCc4ccccc4F)c(OC)c3)c(=O)n2[C@@H]1c1cc(OC)c(OC)cc1Br. The summed E-state index contributed by atoms with van der Waals surface area (Å²) >= 11 is 6.93. The highest BCUT2D eigenvalue weighted by molar-refractivity contribution is 14.1. The monoisotopic (exact) mass is 822 g/mol. The summed E-state index contributed by atoms with van der Waals surface area (Å²) in [6.07, 6.45) is 1.74. The molecule has 3 aromatic carbocycles. The second-order valence-electron chi connectivity index (χ2n) is 9.95. The number of carbonyl (C=O) groups excluding carboxylic acids is 1. The zero-order valence-electron chi connectivity index (χ0n) is 25.5. The van der Waals surface area contributed by atoms with Gasteiger partial charge in [0.05, 0.1) is 53.4 Å². The van der Waals surface area contributed by atoms with Crippen LogP contribution in [0.4, 0.5) is 4.39 Å². The Balaban J connectivity index is 1.63. The third-order valence-corrected chi connectivity index (χ3v) is 9.66. The lowest BCUT2D eigenvalue weighted by Gasteiger charge is -2.26. The number of thiazole rings is 1. The average molecular weight is 823 g/mol. The van der Waals surface area contributed by atoms with E-state index in [1.54, 1.807) is 56.3 Å². The molecule has 1 atom stereocenters. The van der Waals surface area contributed by atoms with Crippen LogP contribution in [-0.4, -0.2) is 38.5 Å². The van der Waals surface area contributed by atoms with Crippen molar-refractivity contribution in [3.8, 4) is 23.0 Å². The molecule has 1 aliphatic rings. The highest BCUT2D eigenvalue weighted by Crippen LogP contribution is 2.41. The lowest BCUT2D eigenvalue weighted by molar-refractivity contribution is -0.139. The molecule has 0 radical (unpaired) electrons. The van der Waals surface area contributed by atoms with Crippen LogP contribution in [0.2, 0.25) is 0 Å². The Morgan fingerprint density at radius 3 is 2.46 bits per heavy atom. The summed E-state index contributed by atoms with van der Waals surface area (Å²) in [6, 6.07) is 12.6. The summed E-state index contributed by atoms with van der Waals surface area (Å²) in [7, 11) is 4.55. The molecule has 1 aromatic heterocycles. The Morgan fingerprint density at radius 1 is 1.09 bits per heavy atom. The standard InChI is InChI=1S/C33H29BrFIN2O7S/c1-6-44-32(40)28-17(2)37-33-38(29(28)20-14-24(41-3)25(42-4)15-21(20)34)31(39)27(46-33)13-18-11-23(36)30(26(12-18)43-5)45-16-19-9-7-8-10-22(19)35/h7-15,29H,6,16H2,1-5H3/b27-13-/t29-/m1/s1. The molecule has 0 spiro atoms. The van der Waals surface area contributed by atoms with Gasteiger partial charge in [0.2, 0.25) is 0 Å². The molecule has 4 aromatic rings. The fraction of sp³-hybridized carbons (Fsp3) is 0.242. The fourth-order valence-corrected chi connectivity index (χ4v) is 7.41. The number of aromatic nitrogens is 1. The number of rotatable bonds is 10. The molecule has 5 rings (SSSR count). The van der Waals surface area contributed by atoms with Gasteiger partial charge in [-0.05, 0) is 84.0 Å². The van der Waals surface area contributed by atoms with Crippen LogP contribution in [-0.2, 0) is 16.1 Å². The molecule has 46 heavy (non-hydrogen) atoms. The van der Waals surface area contributed by atoms with E-state index < -0.39 is 12.0 Å². The Labute approximate surface area is 290 Å². The quantitative estimate of drug-likeness (QED) is 0.145. The van der Waals surface area contributed by atoms with Crippen LogP contribution < -0.4 is 33.8 Å². The average Bonchev–Trinajstić information content (AvgIpc) is 3.33. The van der Waals surface area contributed by atoms with Gasteiger partial charge in [0.15, 0.2) is 27.8 Å². The first-order valence-electron chi connectivity index (χ1n) is 14.0. The summed E-state index contributed by atoms with van der Waals surface area (Å²) in [6.45, 7) is 3.61. The highest BCUT2D eigenvalue weighted by Gasteiger charge is 2.35. The molecule has 1 aliphatic heterocycles. The van der Waals surface area contributed by atoms with Gasteiger partial charge in [0, 0.05) is 10.0 Å². The smallest absolute Gasteiger partial charge is 0.338 e. The van der Waals surface area contributed by atoms with E-state index in [1.165, 1.54) is 43.3 Å². The van der Waals surface area contributed by atoms with Crippen molar-refractivity contribution in [2.45, 2.75) is 26.5 Å². The van der Waals surface area contributed by atoms with E-state index in [9.17, 15) is 14.0 Å². The molecule has 0 N–H and O–H groups in total. The molecule has 0 fully saturated rings. The summed E-state index contributed by atoms with van der Waals surface area (Å²) in [5.41, 5.74) is 2.01. The summed E-state index contributed by atoms with van der Waals surface area (Å²) < 4.78 is 45.4. The van der Waals surface area contributed by atoms with Crippen molar-refractivity contribution in [2.24, 2.45) is 4.99 Å². The zero-order chi connectivity index (χ0) is 33.1. The highest BCUT2D eigenvalue weighted by atomic mass is 127. The normalized spacial score (nSPS) is 14.4. The lowest BCUT2D eigenvalue weighted by atomic mass is 9.95. The van der Waals surface area contributed by atoms with Gasteiger partial charge in [-0.3, -0.25) is 9.36 Å². The van der Waals surface area contributed by atoms with Crippen molar-refractivity contribution >= 4 is 61.9 Å². The first kappa shape index (κ1) is 33.7. The lowest BCUT2D eigenvalue weighted by Crippen LogP contribution is -2.40. The summed E-state index contributed by atoms with van der Waals surface area (Å²) in [5, 5.41) is 0. The van der Waals surface area contributed by atoms with Gasteiger partial charge in [0.25, 0.3) is 5.56 Å². The number of hydrogen-bond acceptors (Lipinski definition) is 9. The van der Waals surface area contributed by atoms with Gasteiger partial charge in [-0.15, -0.1) is 0 Å².